The number of aliphatic carboxylic acids is 1. The fraction of sp³-hybridized carbons (Fsp3) is 0.250. The van der Waals surface area contributed by atoms with Gasteiger partial charge in [0.1, 0.15) is 12.4 Å². The van der Waals surface area contributed by atoms with Crippen LogP contribution in [0.4, 0.5) is 5.82 Å². The molecule has 1 aromatic rings. The molecule has 0 unspecified atom stereocenters. The minimum Gasteiger partial charge on any atom is -0.480 e. The van der Waals surface area contributed by atoms with Gasteiger partial charge in [0.15, 0.2) is 0 Å². The summed E-state index contributed by atoms with van der Waals surface area (Å²) in [6, 6.07) is 5.41. The molecule has 1 heterocycles. The van der Waals surface area contributed by atoms with Crippen molar-refractivity contribution in [3.63, 3.8) is 0 Å². The van der Waals surface area contributed by atoms with Crippen molar-refractivity contribution in [3.8, 4) is 0 Å². The molecule has 0 radical (unpaired) electrons. The summed E-state index contributed by atoms with van der Waals surface area (Å²) in [6.45, 7) is 1.75. The van der Waals surface area contributed by atoms with Crippen LogP contribution >= 0.6 is 0 Å². The van der Waals surface area contributed by atoms with Gasteiger partial charge in [-0.15, -0.1) is 0 Å². The molecule has 0 amide bonds. The molecule has 12 heavy (non-hydrogen) atoms. The Labute approximate surface area is 70.3 Å². The van der Waals surface area contributed by atoms with Crippen molar-refractivity contribution in [2.75, 3.05) is 11.9 Å². The van der Waals surface area contributed by atoms with Crippen molar-refractivity contribution in [1.29, 1.82) is 0 Å². The molecule has 4 nitrogen and oxygen atoms in total. The first-order valence-corrected chi connectivity index (χ1v) is 3.58. The third-order valence-electron chi connectivity index (χ3n) is 1.31. The summed E-state index contributed by atoms with van der Waals surface area (Å²) >= 11 is 0. The number of hydrogen-bond acceptors (Lipinski definition) is 3. The molecular formula is C8H10N2O2. The van der Waals surface area contributed by atoms with E-state index in [1.807, 2.05) is 19.1 Å². The second-order valence-corrected chi connectivity index (χ2v) is 2.41. The number of nitrogens with one attached hydrogen (secondary N) is 1. The highest BCUT2D eigenvalue weighted by atomic mass is 16.4. The zero-order valence-corrected chi connectivity index (χ0v) is 6.74. The maximum atomic E-state index is 10.2. The van der Waals surface area contributed by atoms with Gasteiger partial charge in [-0.25, -0.2) is 4.98 Å². The van der Waals surface area contributed by atoms with Crippen molar-refractivity contribution in [1.82, 2.24) is 4.98 Å². The van der Waals surface area contributed by atoms with Crippen LogP contribution in [0.3, 0.4) is 0 Å². The summed E-state index contributed by atoms with van der Waals surface area (Å²) in [5, 5.41) is 11.0. The minimum atomic E-state index is -0.890. The van der Waals surface area contributed by atoms with E-state index in [-0.39, 0.29) is 6.54 Å². The minimum absolute atomic E-state index is 0.101. The average molecular weight is 166 g/mol. The zero-order valence-electron chi connectivity index (χ0n) is 6.74. The van der Waals surface area contributed by atoms with Crippen LogP contribution in [-0.4, -0.2) is 22.6 Å². The zero-order chi connectivity index (χ0) is 8.97. The normalized spacial score (nSPS) is 9.42. The molecular weight excluding hydrogens is 156 g/mol. The number of rotatable bonds is 3. The lowest BCUT2D eigenvalue weighted by Gasteiger charge is -2.01. The lowest BCUT2D eigenvalue weighted by atomic mass is 10.4. The average Bonchev–Trinajstić information content (AvgIpc) is 2.01. The summed E-state index contributed by atoms with van der Waals surface area (Å²) in [5.74, 6) is -0.296. The van der Waals surface area contributed by atoms with E-state index in [0.717, 1.165) is 5.69 Å². The SMILES string of the molecule is Cc1cccc(NCC(=O)O)n1. The summed E-state index contributed by atoms with van der Waals surface area (Å²) < 4.78 is 0. The van der Waals surface area contributed by atoms with Crippen LogP contribution in [0.1, 0.15) is 5.69 Å². The number of anilines is 1. The molecule has 1 rings (SSSR count). The van der Waals surface area contributed by atoms with Crippen molar-refractivity contribution < 1.29 is 9.90 Å². The summed E-state index contributed by atoms with van der Waals surface area (Å²) in [6.07, 6.45) is 0. The number of hydrogen-bond donors (Lipinski definition) is 2. The predicted octanol–water partition coefficient (Wildman–Crippen LogP) is 0.887. The second kappa shape index (κ2) is 3.71. The Morgan fingerprint density at radius 3 is 3.00 bits per heavy atom. The van der Waals surface area contributed by atoms with Gasteiger partial charge in [-0.2, -0.15) is 0 Å². The largest absolute Gasteiger partial charge is 0.480 e. The number of pyridine rings is 1. The number of nitrogens with zero attached hydrogens (tertiary/aromatic N) is 1. The van der Waals surface area contributed by atoms with E-state index in [2.05, 4.69) is 10.3 Å². The molecule has 0 fully saturated rings. The molecule has 0 atom stereocenters. The number of carboxylic acids is 1. The van der Waals surface area contributed by atoms with Crippen LogP contribution in [0.15, 0.2) is 18.2 Å². The first kappa shape index (κ1) is 8.52. The van der Waals surface area contributed by atoms with E-state index in [0.29, 0.717) is 5.82 Å². The summed E-state index contributed by atoms with van der Waals surface area (Å²) in [7, 11) is 0. The number of carboxylic acid groups (broad SMARTS) is 1. The van der Waals surface area contributed by atoms with Crippen molar-refractivity contribution in [3.05, 3.63) is 23.9 Å². The van der Waals surface area contributed by atoms with E-state index >= 15 is 0 Å². The molecule has 2 N–H and O–H groups in total. The van der Waals surface area contributed by atoms with E-state index in [1.54, 1.807) is 6.07 Å². The van der Waals surface area contributed by atoms with Gasteiger partial charge in [-0.3, -0.25) is 4.79 Å². The molecule has 0 saturated heterocycles. The molecule has 0 aromatic carbocycles. The fourth-order valence-electron chi connectivity index (χ4n) is 0.808. The maximum Gasteiger partial charge on any atom is 0.322 e. The third kappa shape index (κ3) is 2.57. The maximum absolute atomic E-state index is 10.2. The van der Waals surface area contributed by atoms with Gasteiger partial charge in [0, 0.05) is 5.69 Å². The van der Waals surface area contributed by atoms with Crippen LogP contribution in [0, 0.1) is 6.92 Å². The molecule has 0 saturated carbocycles. The van der Waals surface area contributed by atoms with Gasteiger partial charge in [-0.05, 0) is 19.1 Å². The van der Waals surface area contributed by atoms with E-state index in [4.69, 9.17) is 5.11 Å². The molecule has 0 aliphatic rings. The highest BCUT2D eigenvalue weighted by molar-refractivity contribution is 5.72. The van der Waals surface area contributed by atoms with Gasteiger partial charge in [0.05, 0.1) is 0 Å². The monoisotopic (exact) mass is 166 g/mol. The Morgan fingerprint density at radius 2 is 2.42 bits per heavy atom. The van der Waals surface area contributed by atoms with Crippen LogP contribution in [-0.2, 0) is 4.79 Å². The Morgan fingerprint density at radius 1 is 1.67 bits per heavy atom. The quantitative estimate of drug-likeness (QED) is 0.699. The molecule has 0 aliphatic heterocycles. The fourth-order valence-corrected chi connectivity index (χ4v) is 0.808. The molecule has 4 heteroatoms. The predicted molar refractivity (Wildman–Crippen MR) is 45.1 cm³/mol. The van der Waals surface area contributed by atoms with Gasteiger partial charge < -0.3 is 10.4 Å². The smallest absolute Gasteiger partial charge is 0.322 e. The van der Waals surface area contributed by atoms with Crippen molar-refractivity contribution >= 4 is 11.8 Å². The molecule has 64 valence electrons. The molecule has 0 aliphatic carbocycles. The van der Waals surface area contributed by atoms with E-state index in [9.17, 15) is 4.79 Å². The molecule has 1 aromatic heterocycles. The topological polar surface area (TPSA) is 62.2 Å². The third-order valence-corrected chi connectivity index (χ3v) is 1.31. The van der Waals surface area contributed by atoms with Crippen LogP contribution in [0.2, 0.25) is 0 Å². The van der Waals surface area contributed by atoms with Crippen LogP contribution < -0.4 is 5.32 Å². The van der Waals surface area contributed by atoms with Gasteiger partial charge in [0.25, 0.3) is 0 Å². The molecule has 0 bridgehead atoms. The lowest BCUT2D eigenvalue weighted by molar-refractivity contribution is -0.134. The Hall–Kier alpha value is -1.58. The highest BCUT2D eigenvalue weighted by Gasteiger charge is 1.96. The van der Waals surface area contributed by atoms with Gasteiger partial charge >= 0.3 is 5.97 Å². The number of carbonyl (C=O) groups is 1. The summed E-state index contributed by atoms with van der Waals surface area (Å²) in [5.41, 5.74) is 0.866. The first-order valence-electron chi connectivity index (χ1n) is 3.58. The summed E-state index contributed by atoms with van der Waals surface area (Å²) in [4.78, 5) is 14.2. The lowest BCUT2D eigenvalue weighted by Crippen LogP contribution is -2.13. The van der Waals surface area contributed by atoms with Gasteiger partial charge in [-0.1, -0.05) is 6.07 Å². The number of aromatic nitrogens is 1. The first-order chi connectivity index (χ1) is 5.68. The Bertz CT molecular complexity index is 286. The highest BCUT2D eigenvalue weighted by Crippen LogP contribution is 2.02. The van der Waals surface area contributed by atoms with Crippen molar-refractivity contribution in [2.24, 2.45) is 0 Å². The molecule has 0 spiro atoms. The van der Waals surface area contributed by atoms with Gasteiger partial charge in [0.2, 0.25) is 0 Å². The van der Waals surface area contributed by atoms with Crippen LogP contribution in [0.25, 0.3) is 0 Å². The van der Waals surface area contributed by atoms with Crippen LogP contribution in [0.5, 0.6) is 0 Å². The standard InChI is InChI=1S/C8H10N2O2/c1-6-3-2-4-7(10-6)9-5-8(11)12/h2-4H,5H2,1H3,(H,9,10)(H,11,12). The van der Waals surface area contributed by atoms with Crippen molar-refractivity contribution in [2.45, 2.75) is 6.92 Å². The van der Waals surface area contributed by atoms with E-state index < -0.39 is 5.97 Å². The Balaban J connectivity index is 2.57. The number of aryl methyl sites for hydroxylation is 1. The second-order valence-electron chi connectivity index (χ2n) is 2.41. The van der Waals surface area contributed by atoms with E-state index in [1.165, 1.54) is 0 Å². The Kier molecular flexibility index (Phi) is 2.63.